The smallest absolute Gasteiger partial charge is 1.00 e. The first kappa shape index (κ1) is 9.65. The maximum Gasteiger partial charge on any atom is 1.00 e. The zero-order valence-electron chi connectivity index (χ0n) is 5.14. The first-order valence-corrected chi connectivity index (χ1v) is 1.48. The summed E-state index contributed by atoms with van der Waals surface area (Å²) in [5, 5.41) is 0. The Morgan fingerprint density at radius 2 is 2.17 bits per heavy atom. The van der Waals surface area contributed by atoms with Crippen molar-refractivity contribution in [3.8, 4) is 0 Å². The van der Waals surface area contributed by atoms with E-state index in [-0.39, 0.29) is 31.0 Å². The topological polar surface area (TPSA) is 17.1 Å². The summed E-state index contributed by atoms with van der Waals surface area (Å²) in [5.41, 5.74) is 0. The molecule has 0 rings (SSSR count). The van der Waals surface area contributed by atoms with Gasteiger partial charge in [0.15, 0.2) is 0 Å². The van der Waals surface area contributed by atoms with Crippen LogP contribution in [-0.4, -0.2) is 6.29 Å². The molecule has 0 bridgehead atoms. The Bertz CT molecular complexity index is 53.7. The van der Waals surface area contributed by atoms with Crippen molar-refractivity contribution in [1.29, 1.82) is 0 Å². The van der Waals surface area contributed by atoms with Gasteiger partial charge in [0.1, 0.15) is 6.29 Å². The van der Waals surface area contributed by atoms with Crippen molar-refractivity contribution in [3.05, 3.63) is 12.2 Å². The summed E-state index contributed by atoms with van der Waals surface area (Å²) in [6.45, 7) is 1.80. The first-order valence-electron chi connectivity index (χ1n) is 1.48. The predicted octanol–water partition coefficient (Wildman–Crippen LogP) is -2.12. The van der Waals surface area contributed by atoms with Gasteiger partial charge in [-0.1, -0.05) is 6.08 Å². The Hall–Kier alpha value is 0.410. The number of allylic oxidation sites excluding steroid dienone is 2. The van der Waals surface area contributed by atoms with Gasteiger partial charge in [-0.3, -0.25) is 4.79 Å². The predicted molar refractivity (Wildman–Crippen MR) is 22.0 cm³/mol. The normalized spacial score (nSPS) is 7.50. The minimum atomic E-state index is 0. The molecule has 0 aromatic heterocycles. The van der Waals surface area contributed by atoms with E-state index in [9.17, 15) is 4.79 Å². The average molecular weight is 94.1 g/mol. The molecule has 1 nitrogen and oxygen atoms in total. The molecule has 0 amide bonds. The van der Waals surface area contributed by atoms with E-state index in [4.69, 9.17) is 0 Å². The summed E-state index contributed by atoms with van der Waals surface area (Å²) in [6.07, 6.45) is 3.88. The molecule has 0 radical (unpaired) electrons. The number of rotatable bonds is 1. The van der Waals surface area contributed by atoms with Gasteiger partial charge >= 0.3 is 29.6 Å². The maximum absolute atomic E-state index is 9.32. The second kappa shape index (κ2) is 9.05. The van der Waals surface area contributed by atoms with Crippen molar-refractivity contribution in [3.63, 3.8) is 0 Å². The third kappa shape index (κ3) is 8.83. The van der Waals surface area contributed by atoms with Crippen LogP contribution in [0.3, 0.4) is 0 Å². The molecular formula is C4H7NaO. The van der Waals surface area contributed by atoms with Gasteiger partial charge in [0, 0.05) is 0 Å². The number of hydrogen-bond acceptors (Lipinski definition) is 1. The average Bonchev–Trinajstić information content (AvgIpc) is 1.41. The first-order chi connectivity index (χ1) is 2.41. The monoisotopic (exact) mass is 94.0 g/mol. The Kier molecular flexibility index (Phi) is 14.5. The summed E-state index contributed by atoms with van der Waals surface area (Å²) in [5.74, 6) is 0. The van der Waals surface area contributed by atoms with Crippen molar-refractivity contribution in [1.82, 2.24) is 0 Å². The van der Waals surface area contributed by atoms with Crippen LogP contribution in [0.5, 0.6) is 0 Å². The molecule has 0 aliphatic rings. The summed E-state index contributed by atoms with van der Waals surface area (Å²) in [6, 6.07) is 0. The quantitative estimate of drug-likeness (QED) is 0.206. The molecule has 0 N–H and O–H groups in total. The SMILES string of the molecule is CC=CC=O.[H-].[Na+]. The van der Waals surface area contributed by atoms with Crippen LogP contribution < -0.4 is 29.6 Å². The van der Waals surface area contributed by atoms with E-state index in [0.29, 0.717) is 0 Å². The van der Waals surface area contributed by atoms with Crippen LogP contribution >= 0.6 is 0 Å². The van der Waals surface area contributed by atoms with Crippen LogP contribution in [-0.2, 0) is 4.79 Å². The molecule has 0 fully saturated rings. The van der Waals surface area contributed by atoms with Crippen molar-refractivity contribution in [2.24, 2.45) is 0 Å². The molecule has 0 heterocycles. The molecular weight excluding hydrogens is 87.0 g/mol. The molecule has 0 unspecified atom stereocenters. The van der Waals surface area contributed by atoms with Gasteiger partial charge in [0.25, 0.3) is 0 Å². The molecule has 0 spiro atoms. The molecule has 0 aromatic rings. The van der Waals surface area contributed by atoms with Gasteiger partial charge in [-0.05, 0) is 13.0 Å². The standard InChI is InChI=1S/C4H6O.Na.H/c1-2-3-4-5;;/h2-4H,1H3;;/q;+1;-1. The van der Waals surface area contributed by atoms with E-state index >= 15 is 0 Å². The van der Waals surface area contributed by atoms with E-state index in [2.05, 4.69) is 0 Å². The summed E-state index contributed by atoms with van der Waals surface area (Å²) < 4.78 is 0. The Morgan fingerprint density at radius 1 is 1.67 bits per heavy atom. The van der Waals surface area contributed by atoms with Gasteiger partial charge in [-0.2, -0.15) is 0 Å². The van der Waals surface area contributed by atoms with Gasteiger partial charge in [0.05, 0.1) is 0 Å². The van der Waals surface area contributed by atoms with E-state index in [1.165, 1.54) is 6.08 Å². The number of carbonyl (C=O) groups is 1. The third-order valence-electron chi connectivity index (χ3n) is 0.271. The number of aldehydes is 1. The Morgan fingerprint density at radius 3 is 2.17 bits per heavy atom. The molecule has 6 heavy (non-hydrogen) atoms. The minimum absolute atomic E-state index is 0. The fraction of sp³-hybridized carbons (Fsp3) is 0.250. The Labute approximate surface area is 61.2 Å². The van der Waals surface area contributed by atoms with Crippen LogP contribution in [0.15, 0.2) is 12.2 Å². The summed E-state index contributed by atoms with van der Waals surface area (Å²) >= 11 is 0. The second-order valence-electron chi connectivity index (χ2n) is 0.662. The zero-order chi connectivity index (χ0) is 4.12. The molecule has 30 valence electrons. The van der Waals surface area contributed by atoms with Crippen LogP contribution in [0, 0.1) is 0 Å². The summed E-state index contributed by atoms with van der Waals surface area (Å²) in [7, 11) is 0. The molecule has 0 aliphatic carbocycles. The molecule has 2 heteroatoms. The van der Waals surface area contributed by atoms with Gasteiger partial charge < -0.3 is 1.43 Å². The number of carbonyl (C=O) groups excluding carboxylic acids is 1. The van der Waals surface area contributed by atoms with Crippen LogP contribution in [0.1, 0.15) is 8.35 Å². The van der Waals surface area contributed by atoms with Crippen LogP contribution in [0.25, 0.3) is 0 Å². The molecule has 0 aromatic carbocycles. The van der Waals surface area contributed by atoms with Crippen LogP contribution in [0.4, 0.5) is 0 Å². The summed E-state index contributed by atoms with van der Waals surface area (Å²) in [4.78, 5) is 9.32. The van der Waals surface area contributed by atoms with Crippen molar-refractivity contribution in [2.45, 2.75) is 6.92 Å². The van der Waals surface area contributed by atoms with Crippen molar-refractivity contribution >= 4 is 6.29 Å². The molecule has 0 saturated carbocycles. The fourth-order valence-electron chi connectivity index (χ4n) is 0.0786. The van der Waals surface area contributed by atoms with E-state index in [1.54, 1.807) is 13.0 Å². The second-order valence-corrected chi connectivity index (χ2v) is 0.662. The van der Waals surface area contributed by atoms with Crippen LogP contribution in [0.2, 0.25) is 0 Å². The number of hydrogen-bond donors (Lipinski definition) is 0. The Balaban J connectivity index is -0.0000000800. The molecule has 0 saturated heterocycles. The van der Waals surface area contributed by atoms with Gasteiger partial charge in [-0.15, -0.1) is 0 Å². The maximum atomic E-state index is 9.32. The van der Waals surface area contributed by atoms with E-state index in [1.807, 2.05) is 0 Å². The molecule has 0 atom stereocenters. The molecule has 0 aliphatic heterocycles. The van der Waals surface area contributed by atoms with Gasteiger partial charge in [-0.25, -0.2) is 0 Å². The third-order valence-corrected chi connectivity index (χ3v) is 0.271. The van der Waals surface area contributed by atoms with Crippen molar-refractivity contribution < 1.29 is 35.8 Å². The van der Waals surface area contributed by atoms with E-state index < -0.39 is 0 Å². The van der Waals surface area contributed by atoms with Crippen molar-refractivity contribution in [2.75, 3.05) is 0 Å². The van der Waals surface area contributed by atoms with Gasteiger partial charge in [0.2, 0.25) is 0 Å². The fourth-order valence-corrected chi connectivity index (χ4v) is 0.0786. The minimum Gasteiger partial charge on any atom is -1.00 e. The van der Waals surface area contributed by atoms with E-state index in [0.717, 1.165) is 6.29 Å². The zero-order valence-corrected chi connectivity index (χ0v) is 6.14. The largest absolute Gasteiger partial charge is 1.00 e.